The molecular formula is C23H26N2O. The smallest absolute Gasteiger partial charge is 0.119 e. The van der Waals surface area contributed by atoms with Crippen molar-refractivity contribution in [3.05, 3.63) is 60.3 Å². The standard InChI is InChI=1S/C23H26N2O/c1-16-15-21(12-14-25(16)3)26-20-9-6-18(7-10-20)22-11-8-19-5-4-13-24-23(19)17(22)2/h4-11,13,16,21H,12,14-15H2,1-3H3. The quantitative estimate of drug-likeness (QED) is 0.662. The molecule has 0 bridgehead atoms. The fraction of sp³-hybridized carbons (Fsp3) is 0.348. The van der Waals surface area contributed by atoms with Crippen molar-refractivity contribution in [2.24, 2.45) is 0 Å². The van der Waals surface area contributed by atoms with Crippen LogP contribution in [-0.2, 0) is 0 Å². The third kappa shape index (κ3) is 3.32. The van der Waals surface area contributed by atoms with Crippen molar-refractivity contribution in [1.82, 2.24) is 9.88 Å². The molecule has 1 aliphatic rings. The number of nitrogens with zero attached hydrogens (tertiary/aromatic N) is 2. The van der Waals surface area contributed by atoms with Crippen molar-refractivity contribution in [2.45, 2.75) is 38.8 Å². The molecule has 134 valence electrons. The Labute approximate surface area is 155 Å². The molecule has 0 saturated carbocycles. The molecule has 3 aromatic rings. The summed E-state index contributed by atoms with van der Waals surface area (Å²) in [6.45, 7) is 5.53. The first-order chi connectivity index (χ1) is 12.6. The van der Waals surface area contributed by atoms with Crippen LogP contribution in [0.2, 0.25) is 0 Å². The number of aryl methyl sites for hydroxylation is 1. The number of aromatic nitrogens is 1. The van der Waals surface area contributed by atoms with Crippen LogP contribution in [0.4, 0.5) is 0 Å². The average molecular weight is 346 g/mol. The first-order valence-corrected chi connectivity index (χ1v) is 9.43. The monoisotopic (exact) mass is 346 g/mol. The molecule has 0 aliphatic carbocycles. The Morgan fingerprint density at radius 2 is 1.88 bits per heavy atom. The second-order valence-corrected chi connectivity index (χ2v) is 7.43. The van der Waals surface area contributed by atoms with Crippen molar-refractivity contribution >= 4 is 10.9 Å². The predicted octanol–water partition coefficient (Wildman–Crippen LogP) is 5.07. The van der Waals surface area contributed by atoms with Gasteiger partial charge >= 0.3 is 0 Å². The minimum Gasteiger partial charge on any atom is -0.490 e. The molecule has 0 amide bonds. The number of hydrogen-bond acceptors (Lipinski definition) is 3. The van der Waals surface area contributed by atoms with Gasteiger partial charge in [0.05, 0.1) is 5.52 Å². The molecule has 0 N–H and O–H groups in total. The van der Waals surface area contributed by atoms with E-state index in [1.54, 1.807) is 0 Å². The number of piperidine rings is 1. The third-order valence-corrected chi connectivity index (χ3v) is 5.66. The van der Waals surface area contributed by atoms with E-state index in [0.29, 0.717) is 12.1 Å². The highest BCUT2D eigenvalue weighted by Gasteiger charge is 2.24. The largest absolute Gasteiger partial charge is 0.490 e. The van der Waals surface area contributed by atoms with Gasteiger partial charge in [0.1, 0.15) is 11.9 Å². The summed E-state index contributed by atoms with van der Waals surface area (Å²) in [6, 6.07) is 17.5. The van der Waals surface area contributed by atoms with Gasteiger partial charge in [0.25, 0.3) is 0 Å². The van der Waals surface area contributed by atoms with Crippen molar-refractivity contribution < 1.29 is 4.74 Å². The van der Waals surface area contributed by atoms with E-state index < -0.39 is 0 Å². The van der Waals surface area contributed by atoms with Crippen molar-refractivity contribution in [2.75, 3.05) is 13.6 Å². The number of likely N-dealkylation sites (tertiary alicyclic amines) is 1. The lowest BCUT2D eigenvalue weighted by Gasteiger charge is -2.35. The van der Waals surface area contributed by atoms with Crippen LogP contribution in [0, 0.1) is 6.92 Å². The maximum atomic E-state index is 6.23. The highest BCUT2D eigenvalue weighted by molar-refractivity contribution is 5.88. The second-order valence-electron chi connectivity index (χ2n) is 7.43. The maximum Gasteiger partial charge on any atom is 0.119 e. The first-order valence-electron chi connectivity index (χ1n) is 9.43. The SMILES string of the molecule is Cc1c(-c2ccc(OC3CCN(C)C(C)C3)cc2)ccc2cccnc12. The Balaban J connectivity index is 1.54. The molecule has 1 saturated heterocycles. The lowest BCUT2D eigenvalue weighted by atomic mass is 9.97. The van der Waals surface area contributed by atoms with Crippen molar-refractivity contribution in [3.63, 3.8) is 0 Å². The van der Waals surface area contributed by atoms with Gasteiger partial charge in [0.2, 0.25) is 0 Å². The Kier molecular flexibility index (Phi) is 4.64. The van der Waals surface area contributed by atoms with Crippen LogP contribution in [0.5, 0.6) is 5.75 Å². The summed E-state index contributed by atoms with van der Waals surface area (Å²) in [7, 11) is 2.19. The van der Waals surface area contributed by atoms with Gasteiger partial charge in [0.15, 0.2) is 0 Å². The number of ether oxygens (including phenoxy) is 1. The van der Waals surface area contributed by atoms with Gasteiger partial charge in [-0.15, -0.1) is 0 Å². The first kappa shape index (κ1) is 17.0. The molecule has 2 aromatic carbocycles. The zero-order valence-electron chi connectivity index (χ0n) is 15.8. The molecule has 1 aliphatic heterocycles. The summed E-state index contributed by atoms with van der Waals surface area (Å²) in [5.41, 5.74) is 4.74. The Morgan fingerprint density at radius 1 is 1.08 bits per heavy atom. The molecule has 1 aromatic heterocycles. The lowest BCUT2D eigenvalue weighted by Crippen LogP contribution is -2.41. The third-order valence-electron chi connectivity index (χ3n) is 5.66. The minimum atomic E-state index is 0.318. The maximum absolute atomic E-state index is 6.23. The van der Waals surface area contributed by atoms with Crippen LogP contribution in [0.1, 0.15) is 25.3 Å². The summed E-state index contributed by atoms with van der Waals surface area (Å²) in [5, 5.41) is 1.19. The fourth-order valence-electron chi connectivity index (χ4n) is 3.86. The molecule has 2 heterocycles. The van der Waals surface area contributed by atoms with Crippen LogP contribution in [0.3, 0.4) is 0 Å². The van der Waals surface area contributed by atoms with Gasteiger partial charge in [-0.25, -0.2) is 0 Å². The predicted molar refractivity (Wildman–Crippen MR) is 108 cm³/mol. The van der Waals surface area contributed by atoms with Crippen LogP contribution in [0.15, 0.2) is 54.7 Å². The molecule has 26 heavy (non-hydrogen) atoms. The van der Waals surface area contributed by atoms with Gasteiger partial charge in [0, 0.05) is 24.2 Å². The molecule has 3 nitrogen and oxygen atoms in total. The normalized spacial score (nSPS) is 21.0. The number of pyridine rings is 1. The summed E-state index contributed by atoms with van der Waals surface area (Å²) in [6.07, 6.45) is 4.36. The topological polar surface area (TPSA) is 25.4 Å². The van der Waals surface area contributed by atoms with Crippen molar-refractivity contribution in [1.29, 1.82) is 0 Å². The Bertz CT molecular complexity index is 904. The molecule has 0 spiro atoms. The Hall–Kier alpha value is -2.39. The summed E-state index contributed by atoms with van der Waals surface area (Å²) >= 11 is 0. The van der Waals surface area contributed by atoms with Crippen LogP contribution in [-0.4, -0.2) is 35.6 Å². The summed E-state index contributed by atoms with van der Waals surface area (Å²) in [5.74, 6) is 0.965. The van der Waals surface area contributed by atoms with E-state index in [1.807, 2.05) is 12.3 Å². The van der Waals surface area contributed by atoms with E-state index >= 15 is 0 Å². The highest BCUT2D eigenvalue weighted by Crippen LogP contribution is 2.30. The van der Waals surface area contributed by atoms with Gasteiger partial charge in [-0.2, -0.15) is 0 Å². The minimum absolute atomic E-state index is 0.318. The molecule has 2 unspecified atom stereocenters. The molecule has 2 atom stereocenters. The van der Waals surface area contributed by atoms with E-state index in [1.165, 1.54) is 22.1 Å². The van der Waals surface area contributed by atoms with E-state index in [2.05, 4.69) is 73.2 Å². The van der Waals surface area contributed by atoms with Crippen LogP contribution in [0.25, 0.3) is 22.0 Å². The van der Waals surface area contributed by atoms with Gasteiger partial charge in [-0.1, -0.05) is 30.3 Å². The lowest BCUT2D eigenvalue weighted by molar-refractivity contribution is 0.0791. The average Bonchev–Trinajstić information content (AvgIpc) is 2.66. The molecule has 0 radical (unpaired) electrons. The highest BCUT2D eigenvalue weighted by atomic mass is 16.5. The van der Waals surface area contributed by atoms with Crippen LogP contribution < -0.4 is 4.74 Å². The zero-order chi connectivity index (χ0) is 18.1. The molecule has 3 heteroatoms. The summed E-state index contributed by atoms with van der Waals surface area (Å²) in [4.78, 5) is 6.95. The number of benzene rings is 2. The van der Waals surface area contributed by atoms with Crippen molar-refractivity contribution in [3.8, 4) is 16.9 Å². The van der Waals surface area contributed by atoms with Gasteiger partial charge < -0.3 is 9.64 Å². The number of hydrogen-bond donors (Lipinski definition) is 0. The molecule has 4 rings (SSSR count). The summed E-state index contributed by atoms with van der Waals surface area (Å²) < 4.78 is 6.23. The van der Waals surface area contributed by atoms with E-state index in [-0.39, 0.29) is 0 Å². The number of rotatable bonds is 3. The molecular weight excluding hydrogens is 320 g/mol. The van der Waals surface area contributed by atoms with E-state index in [9.17, 15) is 0 Å². The zero-order valence-corrected chi connectivity index (χ0v) is 15.8. The van der Waals surface area contributed by atoms with Gasteiger partial charge in [-0.3, -0.25) is 4.98 Å². The van der Waals surface area contributed by atoms with Crippen LogP contribution >= 0.6 is 0 Å². The van der Waals surface area contributed by atoms with E-state index in [0.717, 1.165) is 30.7 Å². The Morgan fingerprint density at radius 3 is 2.65 bits per heavy atom. The second kappa shape index (κ2) is 7.08. The van der Waals surface area contributed by atoms with Gasteiger partial charge in [-0.05, 0) is 68.6 Å². The van der Waals surface area contributed by atoms with E-state index in [4.69, 9.17) is 4.74 Å². The fourth-order valence-corrected chi connectivity index (χ4v) is 3.86. The molecule has 1 fully saturated rings. The number of fused-ring (bicyclic) bond motifs is 1.